The molecule has 1 aliphatic rings. The molecule has 54 heavy (non-hydrogen) atoms. The zero-order chi connectivity index (χ0) is 35.8. The molecule has 2 aromatic heterocycles. The smallest absolute Gasteiger partial charge is 0.149 e. The standard InChI is InChI=1S/C51H32O2S/c1-31-37-27-28-45-48(50(37)53-49(31)36-12-3-2-4-13-36)43-26-21-32(30-46(43)52-45)29-44(42-19-10-18-41-40-16-7-8-20-47(40)54-51(41)42)35-24-22-34(23-25-35)39-17-9-14-33-11-5-6-15-38(33)39/h2-30,49H,1H2/b44-29-. The lowest BCUT2D eigenvalue weighted by Gasteiger charge is -2.13. The van der Waals surface area contributed by atoms with Crippen molar-refractivity contribution in [3.63, 3.8) is 0 Å². The van der Waals surface area contributed by atoms with Gasteiger partial charge in [0.25, 0.3) is 0 Å². The molecule has 0 amide bonds. The van der Waals surface area contributed by atoms with Gasteiger partial charge in [-0.3, -0.25) is 0 Å². The summed E-state index contributed by atoms with van der Waals surface area (Å²) in [4.78, 5) is 0. The van der Waals surface area contributed by atoms with E-state index in [4.69, 9.17) is 9.15 Å². The van der Waals surface area contributed by atoms with E-state index >= 15 is 0 Å². The highest BCUT2D eigenvalue weighted by Gasteiger charge is 2.31. The van der Waals surface area contributed by atoms with E-state index in [0.29, 0.717) is 0 Å². The van der Waals surface area contributed by atoms with E-state index in [2.05, 4.69) is 164 Å². The SMILES string of the molecule is C=C1c2ccc3oc4cc(/C=C(/c5ccc(-c6cccc7ccccc67)cc5)c5cccc6c5sc5ccccc56)ccc4c3c2OC1c1ccccc1. The predicted molar refractivity (Wildman–Crippen MR) is 228 cm³/mol. The van der Waals surface area contributed by atoms with Crippen LogP contribution >= 0.6 is 11.3 Å². The zero-order valence-electron chi connectivity index (χ0n) is 29.3. The average Bonchev–Trinajstić information content (AvgIpc) is 3.91. The topological polar surface area (TPSA) is 22.4 Å². The molecule has 1 atom stereocenters. The van der Waals surface area contributed by atoms with Crippen LogP contribution in [0.15, 0.2) is 181 Å². The van der Waals surface area contributed by atoms with Gasteiger partial charge in [0.15, 0.2) is 0 Å². The highest BCUT2D eigenvalue weighted by Crippen LogP contribution is 2.50. The van der Waals surface area contributed by atoms with Gasteiger partial charge in [0, 0.05) is 42.3 Å². The summed E-state index contributed by atoms with van der Waals surface area (Å²) in [6.45, 7) is 4.44. The fourth-order valence-electron chi connectivity index (χ4n) is 8.29. The minimum Gasteiger partial charge on any atom is -0.480 e. The number of thiophene rings is 1. The molecule has 2 nitrogen and oxygen atoms in total. The lowest BCUT2D eigenvalue weighted by Crippen LogP contribution is -2.01. The minimum absolute atomic E-state index is 0.217. The molecule has 10 aromatic rings. The van der Waals surface area contributed by atoms with Gasteiger partial charge in [-0.1, -0.05) is 146 Å². The van der Waals surface area contributed by atoms with E-state index in [1.807, 2.05) is 29.5 Å². The molecule has 0 saturated carbocycles. The first-order chi connectivity index (χ1) is 26.7. The Bertz CT molecular complexity index is 3140. The maximum absolute atomic E-state index is 6.66. The second-order valence-electron chi connectivity index (χ2n) is 14.0. The van der Waals surface area contributed by atoms with Gasteiger partial charge in [-0.15, -0.1) is 11.3 Å². The number of furan rings is 1. The number of hydrogen-bond acceptors (Lipinski definition) is 3. The molecule has 1 aliphatic heterocycles. The van der Waals surface area contributed by atoms with Crippen LogP contribution in [-0.2, 0) is 0 Å². The van der Waals surface area contributed by atoms with Crippen LogP contribution in [0.5, 0.6) is 5.75 Å². The van der Waals surface area contributed by atoms with Crippen molar-refractivity contribution in [3.8, 4) is 16.9 Å². The first-order valence-electron chi connectivity index (χ1n) is 18.3. The second-order valence-corrected chi connectivity index (χ2v) is 15.1. The fourth-order valence-corrected chi connectivity index (χ4v) is 9.52. The summed E-state index contributed by atoms with van der Waals surface area (Å²) in [5.74, 6) is 0.844. The maximum Gasteiger partial charge on any atom is 0.149 e. The third kappa shape index (κ3) is 4.86. The van der Waals surface area contributed by atoms with Crippen molar-refractivity contribution in [2.75, 3.05) is 0 Å². The van der Waals surface area contributed by atoms with Crippen molar-refractivity contribution in [2.24, 2.45) is 0 Å². The van der Waals surface area contributed by atoms with Gasteiger partial charge in [-0.2, -0.15) is 0 Å². The highest BCUT2D eigenvalue weighted by molar-refractivity contribution is 7.26. The molecule has 0 fully saturated rings. The van der Waals surface area contributed by atoms with Gasteiger partial charge in [0.05, 0.1) is 5.39 Å². The van der Waals surface area contributed by atoms with Crippen LogP contribution in [0.4, 0.5) is 0 Å². The first kappa shape index (κ1) is 30.9. The van der Waals surface area contributed by atoms with Crippen molar-refractivity contribution in [3.05, 3.63) is 204 Å². The van der Waals surface area contributed by atoms with E-state index < -0.39 is 0 Å². The number of benzene rings is 8. The Morgan fingerprint density at radius 3 is 2.24 bits per heavy atom. The molecule has 3 heteroatoms. The minimum atomic E-state index is -0.217. The molecule has 0 N–H and O–H groups in total. The van der Waals surface area contributed by atoms with E-state index in [1.54, 1.807) is 0 Å². The van der Waals surface area contributed by atoms with Gasteiger partial charge in [-0.25, -0.2) is 0 Å². The number of ether oxygens (including phenoxy) is 1. The van der Waals surface area contributed by atoms with Crippen LogP contribution < -0.4 is 4.74 Å². The van der Waals surface area contributed by atoms with Crippen LogP contribution in [0.3, 0.4) is 0 Å². The van der Waals surface area contributed by atoms with E-state index in [0.717, 1.165) is 55.5 Å². The summed E-state index contributed by atoms with van der Waals surface area (Å²) in [6, 6.07) is 60.6. The third-order valence-electron chi connectivity index (χ3n) is 10.9. The van der Waals surface area contributed by atoms with Crippen molar-refractivity contribution in [2.45, 2.75) is 6.10 Å². The van der Waals surface area contributed by atoms with Crippen LogP contribution in [-0.4, -0.2) is 0 Å². The Morgan fingerprint density at radius 1 is 0.593 bits per heavy atom. The lowest BCUT2D eigenvalue weighted by molar-refractivity contribution is 0.287. The van der Waals surface area contributed by atoms with E-state index in [9.17, 15) is 0 Å². The third-order valence-corrected chi connectivity index (χ3v) is 12.1. The van der Waals surface area contributed by atoms with Gasteiger partial charge < -0.3 is 9.15 Å². The highest BCUT2D eigenvalue weighted by atomic mass is 32.1. The molecule has 8 aromatic carbocycles. The summed E-state index contributed by atoms with van der Waals surface area (Å²) in [6.07, 6.45) is 2.09. The second kappa shape index (κ2) is 12.2. The van der Waals surface area contributed by atoms with Crippen molar-refractivity contribution >= 4 is 81.4 Å². The van der Waals surface area contributed by atoms with Gasteiger partial charge in [-0.05, 0) is 80.6 Å². The monoisotopic (exact) mass is 708 g/mol. The Labute approximate surface area is 316 Å². The van der Waals surface area contributed by atoms with Crippen LogP contribution in [0.1, 0.15) is 33.9 Å². The molecule has 1 unspecified atom stereocenters. The summed E-state index contributed by atoms with van der Waals surface area (Å²) >= 11 is 1.86. The molecule has 0 radical (unpaired) electrons. The quantitative estimate of drug-likeness (QED) is 0.166. The first-order valence-corrected chi connectivity index (χ1v) is 19.1. The molecule has 0 bridgehead atoms. The molecule has 254 valence electrons. The maximum atomic E-state index is 6.66. The normalized spacial score (nSPS) is 14.4. The Morgan fingerprint density at radius 2 is 1.35 bits per heavy atom. The van der Waals surface area contributed by atoms with Crippen LogP contribution in [0.25, 0.3) is 81.2 Å². The summed E-state index contributed by atoms with van der Waals surface area (Å²) in [5.41, 5.74) is 11.8. The Hall–Kier alpha value is -6.68. The van der Waals surface area contributed by atoms with Gasteiger partial charge in [0.2, 0.25) is 0 Å². The van der Waals surface area contributed by atoms with Crippen molar-refractivity contribution < 1.29 is 9.15 Å². The number of fused-ring (bicyclic) bond motifs is 9. The number of rotatable bonds is 5. The van der Waals surface area contributed by atoms with Crippen LogP contribution in [0.2, 0.25) is 0 Å². The summed E-state index contributed by atoms with van der Waals surface area (Å²) in [5, 5.41) is 7.11. The molecular formula is C51H32O2S. The molecule has 11 rings (SSSR count). The fraction of sp³-hybridized carbons (Fsp3) is 0.0196. The predicted octanol–water partition coefficient (Wildman–Crippen LogP) is 14.5. The number of hydrogen-bond donors (Lipinski definition) is 0. The van der Waals surface area contributed by atoms with Crippen molar-refractivity contribution in [1.29, 1.82) is 0 Å². The van der Waals surface area contributed by atoms with Gasteiger partial charge in [0.1, 0.15) is 23.0 Å². The molecular weight excluding hydrogens is 677 g/mol. The largest absolute Gasteiger partial charge is 0.480 e. The van der Waals surface area contributed by atoms with Crippen LogP contribution in [0, 0.1) is 0 Å². The lowest BCUT2D eigenvalue weighted by atomic mass is 9.92. The van der Waals surface area contributed by atoms with Gasteiger partial charge >= 0.3 is 0 Å². The van der Waals surface area contributed by atoms with E-state index in [-0.39, 0.29) is 6.10 Å². The van der Waals surface area contributed by atoms with E-state index in [1.165, 1.54) is 53.2 Å². The Balaban J connectivity index is 1.06. The summed E-state index contributed by atoms with van der Waals surface area (Å²) in [7, 11) is 0. The molecule has 3 heterocycles. The van der Waals surface area contributed by atoms with Crippen molar-refractivity contribution in [1.82, 2.24) is 0 Å². The summed E-state index contributed by atoms with van der Waals surface area (Å²) < 4.78 is 15.8. The average molecular weight is 709 g/mol. The molecule has 0 saturated heterocycles. The molecule has 0 spiro atoms. The Kier molecular flexibility index (Phi) is 6.98. The zero-order valence-corrected chi connectivity index (χ0v) is 30.1. The molecule has 0 aliphatic carbocycles.